The highest BCUT2D eigenvalue weighted by Gasteiger charge is 2.14. The van der Waals surface area contributed by atoms with Crippen molar-refractivity contribution in [3.8, 4) is 0 Å². The summed E-state index contributed by atoms with van der Waals surface area (Å²) in [7, 11) is -1.44. The summed E-state index contributed by atoms with van der Waals surface area (Å²) in [4.78, 5) is 13.4. The third-order valence-electron chi connectivity index (χ3n) is 2.78. The molecule has 1 rings (SSSR count). The molecule has 1 aromatic rings. The molecular formula is C14H21NO4S. The van der Waals surface area contributed by atoms with Gasteiger partial charge in [0.1, 0.15) is 6.54 Å². The lowest BCUT2D eigenvalue weighted by Gasteiger charge is -2.18. The fourth-order valence-electron chi connectivity index (χ4n) is 1.79. The lowest BCUT2D eigenvalue weighted by Crippen LogP contribution is -2.27. The average molecular weight is 299 g/mol. The van der Waals surface area contributed by atoms with Gasteiger partial charge < -0.3 is 9.64 Å². The Morgan fingerprint density at radius 3 is 2.30 bits per heavy atom. The zero-order valence-corrected chi connectivity index (χ0v) is 12.9. The predicted octanol–water partition coefficient (Wildman–Crippen LogP) is 1.87. The third-order valence-corrected chi connectivity index (χ3v) is 4.72. The Kier molecular flexibility index (Phi) is 6.01. The highest BCUT2D eigenvalue weighted by molar-refractivity contribution is 7.91. The van der Waals surface area contributed by atoms with Crippen molar-refractivity contribution >= 4 is 21.5 Å². The van der Waals surface area contributed by atoms with E-state index < -0.39 is 9.84 Å². The molecule has 0 saturated heterocycles. The van der Waals surface area contributed by atoms with Crippen LogP contribution in [0.2, 0.25) is 0 Å². The van der Waals surface area contributed by atoms with E-state index in [1.807, 2.05) is 6.92 Å². The van der Waals surface area contributed by atoms with Gasteiger partial charge >= 0.3 is 5.97 Å². The van der Waals surface area contributed by atoms with Crippen LogP contribution in [0.1, 0.15) is 20.3 Å². The number of sulfone groups is 1. The number of ether oxygens (including phenoxy) is 1. The molecule has 0 atom stereocenters. The van der Waals surface area contributed by atoms with E-state index in [9.17, 15) is 13.2 Å². The van der Waals surface area contributed by atoms with Crippen molar-refractivity contribution < 1.29 is 17.9 Å². The van der Waals surface area contributed by atoms with E-state index in [2.05, 4.69) is 0 Å². The molecule has 0 spiro atoms. The van der Waals surface area contributed by atoms with Crippen LogP contribution in [0.5, 0.6) is 0 Å². The molecular weight excluding hydrogens is 278 g/mol. The molecule has 20 heavy (non-hydrogen) atoms. The highest BCUT2D eigenvalue weighted by atomic mass is 32.2. The monoisotopic (exact) mass is 299 g/mol. The van der Waals surface area contributed by atoms with Crippen LogP contribution in [0.15, 0.2) is 29.2 Å². The Bertz CT molecular complexity index is 537. The van der Waals surface area contributed by atoms with Gasteiger partial charge in [0.15, 0.2) is 9.84 Å². The minimum absolute atomic E-state index is 0.134. The molecule has 0 radical (unpaired) electrons. The molecule has 1 aromatic carbocycles. The van der Waals surface area contributed by atoms with Gasteiger partial charge in [0.05, 0.1) is 17.3 Å². The van der Waals surface area contributed by atoms with Gasteiger partial charge in [-0.15, -0.1) is 0 Å². The summed E-state index contributed by atoms with van der Waals surface area (Å²) in [6, 6.07) is 6.54. The molecule has 5 nitrogen and oxygen atoms in total. The summed E-state index contributed by atoms with van der Waals surface area (Å²) in [6.45, 7) is 4.07. The maximum Gasteiger partial charge on any atom is 0.325 e. The Morgan fingerprint density at radius 2 is 1.80 bits per heavy atom. The van der Waals surface area contributed by atoms with Gasteiger partial charge in [0.25, 0.3) is 0 Å². The van der Waals surface area contributed by atoms with E-state index in [-0.39, 0.29) is 18.3 Å². The minimum Gasteiger partial charge on any atom is -0.465 e. The van der Waals surface area contributed by atoms with E-state index in [4.69, 9.17) is 4.74 Å². The van der Waals surface area contributed by atoms with Gasteiger partial charge in [0.2, 0.25) is 0 Å². The predicted molar refractivity (Wildman–Crippen MR) is 78.7 cm³/mol. The van der Waals surface area contributed by atoms with Crippen molar-refractivity contribution in [1.82, 2.24) is 0 Å². The number of carbonyl (C=O) groups is 1. The number of likely N-dealkylation sites (N-methyl/N-ethyl adjacent to an activating group) is 1. The summed E-state index contributed by atoms with van der Waals surface area (Å²) in [6.07, 6.45) is 0.590. The molecule has 0 amide bonds. The quantitative estimate of drug-likeness (QED) is 0.719. The second-order valence-electron chi connectivity index (χ2n) is 4.47. The fourth-order valence-corrected chi connectivity index (χ4v) is 3.11. The van der Waals surface area contributed by atoms with Crippen LogP contribution in [-0.2, 0) is 19.4 Å². The normalized spacial score (nSPS) is 11.2. The van der Waals surface area contributed by atoms with Crippen LogP contribution in [-0.4, -0.2) is 40.3 Å². The number of anilines is 1. The van der Waals surface area contributed by atoms with Gasteiger partial charge in [-0.25, -0.2) is 8.42 Å². The first-order valence-corrected chi connectivity index (χ1v) is 8.25. The van der Waals surface area contributed by atoms with Crippen LogP contribution in [0.4, 0.5) is 5.69 Å². The zero-order chi connectivity index (χ0) is 15.2. The van der Waals surface area contributed by atoms with Crippen molar-refractivity contribution in [1.29, 1.82) is 0 Å². The molecule has 0 aliphatic carbocycles. The first-order chi connectivity index (χ1) is 9.40. The Labute approximate surface area is 120 Å². The van der Waals surface area contributed by atoms with Crippen LogP contribution in [0.25, 0.3) is 0 Å². The van der Waals surface area contributed by atoms with Gasteiger partial charge in [-0.1, -0.05) is 6.92 Å². The standard InChI is InChI=1S/C14H21NO4S/c1-4-10-20(17,18)13-8-6-12(7-9-13)15(3)11-14(16)19-5-2/h6-9H,4-5,10-11H2,1-3H3. The van der Waals surface area contributed by atoms with Crippen LogP contribution >= 0.6 is 0 Å². The van der Waals surface area contributed by atoms with Crippen molar-refractivity contribution in [3.63, 3.8) is 0 Å². The number of nitrogens with zero attached hydrogens (tertiary/aromatic N) is 1. The molecule has 0 N–H and O–H groups in total. The smallest absolute Gasteiger partial charge is 0.325 e. The first-order valence-electron chi connectivity index (χ1n) is 6.60. The van der Waals surface area contributed by atoms with Crippen molar-refractivity contribution in [3.05, 3.63) is 24.3 Å². The summed E-state index contributed by atoms with van der Waals surface area (Å²) in [5.41, 5.74) is 0.772. The largest absolute Gasteiger partial charge is 0.465 e. The van der Waals surface area contributed by atoms with Crippen LogP contribution in [0.3, 0.4) is 0 Å². The number of hydrogen-bond acceptors (Lipinski definition) is 5. The third kappa shape index (κ3) is 4.52. The molecule has 0 bridgehead atoms. The molecule has 112 valence electrons. The van der Waals surface area contributed by atoms with Gasteiger partial charge in [-0.05, 0) is 37.6 Å². The Hall–Kier alpha value is -1.56. The maximum atomic E-state index is 11.9. The van der Waals surface area contributed by atoms with E-state index in [1.54, 1.807) is 43.1 Å². The second-order valence-corrected chi connectivity index (χ2v) is 6.58. The topological polar surface area (TPSA) is 63.7 Å². The lowest BCUT2D eigenvalue weighted by atomic mass is 10.3. The van der Waals surface area contributed by atoms with Crippen molar-refractivity contribution in [2.45, 2.75) is 25.2 Å². The minimum atomic E-state index is -3.19. The first kappa shape index (κ1) is 16.5. The fraction of sp³-hybridized carbons (Fsp3) is 0.500. The Balaban J connectivity index is 2.78. The van der Waals surface area contributed by atoms with E-state index >= 15 is 0 Å². The highest BCUT2D eigenvalue weighted by Crippen LogP contribution is 2.18. The summed E-state index contributed by atoms with van der Waals surface area (Å²) >= 11 is 0. The summed E-state index contributed by atoms with van der Waals surface area (Å²) < 4.78 is 28.6. The lowest BCUT2D eigenvalue weighted by molar-refractivity contribution is -0.141. The van der Waals surface area contributed by atoms with E-state index in [1.165, 1.54) is 0 Å². The van der Waals surface area contributed by atoms with Gasteiger partial charge in [0, 0.05) is 12.7 Å². The number of esters is 1. The van der Waals surface area contributed by atoms with Crippen LogP contribution < -0.4 is 4.90 Å². The van der Waals surface area contributed by atoms with Gasteiger partial charge in [-0.3, -0.25) is 4.79 Å². The molecule has 6 heteroatoms. The molecule has 0 aliphatic heterocycles. The zero-order valence-electron chi connectivity index (χ0n) is 12.1. The average Bonchev–Trinajstić information content (AvgIpc) is 2.39. The SMILES string of the molecule is CCCS(=O)(=O)c1ccc(N(C)CC(=O)OCC)cc1. The molecule has 0 saturated carbocycles. The Morgan fingerprint density at radius 1 is 1.20 bits per heavy atom. The maximum absolute atomic E-state index is 11.9. The van der Waals surface area contributed by atoms with Gasteiger partial charge in [-0.2, -0.15) is 0 Å². The molecule has 0 unspecified atom stereocenters. The molecule has 0 heterocycles. The molecule has 0 fully saturated rings. The number of hydrogen-bond donors (Lipinski definition) is 0. The van der Waals surface area contributed by atoms with Crippen molar-refractivity contribution in [2.75, 3.05) is 30.9 Å². The summed E-state index contributed by atoms with van der Waals surface area (Å²) in [5, 5.41) is 0. The van der Waals surface area contributed by atoms with Crippen LogP contribution in [0, 0.1) is 0 Å². The van der Waals surface area contributed by atoms with Crippen molar-refractivity contribution in [2.24, 2.45) is 0 Å². The number of rotatable bonds is 7. The number of carbonyl (C=O) groups excluding carboxylic acids is 1. The molecule has 0 aliphatic rings. The molecule has 0 aromatic heterocycles. The summed E-state index contributed by atoms with van der Waals surface area (Å²) in [5.74, 6) is -0.164. The van der Waals surface area contributed by atoms with E-state index in [0.717, 1.165) is 5.69 Å². The van der Waals surface area contributed by atoms with E-state index in [0.29, 0.717) is 17.9 Å². The second kappa shape index (κ2) is 7.28. The number of benzene rings is 1.